The van der Waals surface area contributed by atoms with Crippen LogP contribution in [0.4, 0.5) is 0 Å². The molecule has 0 aromatic heterocycles. The number of amides is 1. The van der Waals surface area contributed by atoms with Gasteiger partial charge < -0.3 is 24.6 Å². The SMILES string of the molecule is O=C(NCCCOCCO)C1=COCCO1. The van der Waals surface area contributed by atoms with Gasteiger partial charge in [0.05, 0.1) is 13.2 Å². The molecule has 0 fully saturated rings. The zero-order valence-corrected chi connectivity index (χ0v) is 9.11. The Morgan fingerprint density at radius 2 is 2.38 bits per heavy atom. The molecule has 0 atom stereocenters. The third-order valence-electron chi connectivity index (χ3n) is 1.86. The maximum absolute atomic E-state index is 11.4. The minimum Gasteiger partial charge on any atom is -0.494 e. The smallest absolute Gasteiger partial charge is 0.289 e. The first-order chi connectivity index (χ1) is 7.84. The number of ether oxygens (including phenoxy) is 3. The van der Waals surface area contributed by atoms with Crippen LogP contribution >= 0.6 is 0 Å². The highest BCUT2D eigenvalue weighted by atomic mass is 16.6. The van der Waals surface area contributed by atoms with E-state index in [4.69, 9.17) is 19.3 Å². The van der Waals surface area contributed by atoms with Crippen molar-refractivity contribution in [2.24, 2.45) is 0 Å². The van der Waals surface area contributed by atoms with Crippen molar-refractivity contribution in [2.75, 3.05) is 39.6 Å². The maximum atomic E-state index is 11.4. The summed E-state index contributed by atoms with van der Waals surface area (Å²) in [6, 6.07) is 0. The van der Waals surface area contributed by atoms with E-state index in [0.29, 0.717) is 39.4 Å². The second kappa shape index (κ2) is 7.95. The Morgan fingerprint density at radius 3 is 3.06 bits per heavy atom. The minimum atomic E-state index is -0.276. The number of hydrogen-bond acceptors (Lipinski definition) is 5. The van der Waals surface area contributed by atoms with Crippen LogP contribution in [-0.4, -0.2) is 50.6 Å². The zero-order valence-electron chi connectivity index (χ0n) is 9.11. The molecule has 92 valence electrons. The highest BCUT2D eigenvalue weighted by molar-refractivity contribution is 5.91. The van der Waals surface area contributed by atoms with Crippen molar-refractivity contribution in [2.45, 2.75) is 6.42 Å². The van der Waals surface area contributed by atoms with Crippen LogP contribution in [0, 0.1) is 0 Å². The average Bonchev–Trinajstić information content (AvgIpc) is 2.34. The first-order valence-corrected chi connectivity index (χ1v) is 5.26. The van der Waals surface area contributed by atoms with Crippen LogP contribution in [-0.2, 0) is 19.0 Å². The first-order valence-electron chi connectivity index (χ1n) is 5.26. The van der Waals surface area contributed by atoms with Crippen LogP contribution in [0.2, 0.25) is 0 Å². The van der Waals surface area contributed by atoms with E-state index < -0.39 is 0 Å². The Labute approximate surface area is 94.2 Å². The van der Waals surface area contributed by atoms with Crippen molar-refractivity contribution in [3.05, 3.63) is 12.0 Å². The highest BCUT2D eigenvalue weighted by Gasteiger charge is 2.13. The summed E-state index contributed by atoms with van der Waals surface area (Å²) in [5.41, 5.74) is 0. The molecule has 0 aromatic rings. The Hall–Kier alpha value is -1.27. The molecule has 0 aliphatic carbocycles. The first kappa shape index (κ1) is 12.8. The largest absolute Gasteiger partial charge is 0.494 e. The molecule has 16 heavy (non-hydrogen) atoms. The number of carbonyl (C=O) groups excluding carboxylic acids is 1. The van der Waals surface area contributed by atoms with E-state index in [1.54, 1.807) is 0 Å². The van der Waals surface area contributed by atoms with E-state index in [2.05, 4.69) is 5.32 Å². The Bertz CT molecular complexity index is 241. The maximum Gasteiger partial charge on any atom is 0.289 e. The summed E-state index contributed by atoms with van der Waals surface area (Å²) in [4.78, 5) is 11.4. The van der Waals surface area contributed by atoms with Gasteiger partial charge in [0, 0.05) is 13.2 Å². The lowest BCUT2D eigenvalue weighted by atomic mass is 10.4. The molecular formula is C10H17NO5. The average molecular weight is 231 g/mol. The van der Waals surface area contributed by atoms with Crippen molar-refractivity contribution < 1.29 is 24.1 Å². The number of aliphatic hydroxyl groups excluding tert-OH is 1. The van der Waals surface area contributed by atoms with E-state index in [-0.39, 0.29) is 18.3 Å². The number of rotatable bonds is 7. The van der Waals surface area contributed by atoms with Crippen LogP contribution < -0.4 is 5.32 Å². The van der Waals surface area contributed by atoms with Crippen LogP contribution in [0.3, 0.4) is 0 Å². The molecule has 0 unspecified atom stereocenters. The molecule has 1 heterocycles. The van der Waals surface area contributed by atoms with Crippen molar-refractivity contribution in [1.82, 2.24) is 5.32 Å². The topological polar surface area (TPSA) is 77.0 Å². The summed E-state index contributed by atoms with van der Waals surface area (Å²) in [6.07, 6.45) is 2.01. The van der Waals surface area contributed by atoms with E-state index >= 15 is 0 Å². The molecule has 1 aliphatic heterocycles. The summed E-state index contributed by atoms with van der Waals surface area (Å²) < 4.78 is 15.1. The number of aliphatic hydroxyl groups is 1. The van der Waals surface area contributed by atoms with Crippen LogP contribution in [0.1, 0.15) is 6.42 Å². The minimum absolute atomic E-state index is 0.0183. The van der Waals surface area contributed by atoms with Gasteiger partial charge in [-0.2, -0.15) is 0 Å². The second-order valence-electron chi connectivity index (χ2n) is 3.15. The number of hydrogen-bond donors (Lipinski definition) is 2. The predicted octanol–water partition coefficient (Wildman–Crippen LogP) is -0.610. The molecule has 0 aromatic carbocycles. The fourth-order valence-electron chi connectivity index (χ4n) is 1.12. The molecular weight excluding hydrogens is 214 g/mol. The lowest BCUT2D eigenvalue weighted by Gasteiger charge is -2.14. The molecule has 0 saturated carbocycles. The summed E-state index contributed by atoms with van der Waals surface area (Å²) in [6.45, 7) is 2.24. The Kier molecular flexibility index (Phi) is 6.36. The normalized spacial score (nSPS) is 14.7. The van der Waals surface area contributed by atoms with Gasteiger partial charge in [0.25, 0.3) is 5.91 Å². The number of carbonyl (C=O) groups is 1. The van der Waals surface area contributed by atoms with E-state index in [1.165, 1.54) is 6.26 Å². The molecule has 2 N–H and O–H groups in total. The summed E-state index contributed by atoms with van der Waals surface area (Å²) in [5, 5.41) is 11.1. The summed E-state index contributed by atoms with van der Waals surface area (Å²) >= 11 is 0. The number of nitrogens with one attached hydrogen (secondary N) is 1. The molecule has 0 spiro atoms. The van der Waals surface area contributed by atoms with Gasteiger partial charge in [0.1, 0.15) is 19.5 Å². The monoisotopic (exact) mass is 231 g/mol. The van der Waals surface area contributed by atoms with Gasteiger partial charge in [-0.05, 0) is 6.42 Å². The van der Waals surface area contributed by atoms with Gasteiger partial charge in [0.2, 0.25) is 5.76 Å². The third-order valence-corrected chi connectivity index (χ3v) is 1.86. The van der Waals surface area contributed by atoms with Crippen LogP contribution in [0.5, 0.6) is 0 Å². The van der Waals surface area contributed by atoms with Crippen molar-refractivity contribution in [3.63, 3.8) is 0 Å². The molecule has 0 saturated heterocycles. The molecule has 6 nitrogen and oxygen atoms in total. The van der Waals surface area contributed by atoms with E-state index in [0.717, 1.165) is 0 Å². The Morgan fingerprint density at radius 1 is 1.50 bits per heavy atom. The van der Waals surface area contributed by atoms with Crippen molar-refractivity contribution >= 4 is 5.91 Å². The molecule has 0 radical (unpaired) electrons. The van der Waals surface area contributed by atoms with Gasteiger partial charge in [-0.3, -0.25) is 4.79 Å². The van der Waals surface area contributed by atoms with Gasteiger partial charge in [-0.25, -0.2) is 0 Å². The summed E-state index contributed by atoms with van der Waals surface area (Å²) in [5.74, 6) is -0.0654. The fraction of sp³-hybridized carbons (Fsp3) is 0.700. The van der Waals surface area contributed by atoms with Crippen molar-refractivity contribution in [1.29, 1.82) is 0 Å². The van der Waals surface area contributed by atoms with Gasteiger partial charge in [-0.1, -0.05) is 0 Å². The standard InChI is InChI=1S/C10H17NO5/c12-3-5-14-4-1-2-11-10(13)9-8-15-6-7-16-9/h8,12H,1-7H2,(H,11,13). The van der Waals surface area contributed by atoms with E-state index in [1.807, 2.05) is 0 Å². The molecule has 1 amide bonds. The lowest BCUT2D eigenvalue weighted by Crippen LogP contribution is -2.29. The highest BCUT2D eigenvalue weighted by Crippen LogP contribution is 2.03. The summed E-state index contributed by atoms with van der Waals surface area (Å²) in [7, 11) is 0. The quantitative estimate of drug-likeness (QED) is 0.572. The molecule has 6 heteroatoms. The molecule has 0 bridgehead atoms. The lowest BCUT2D eigenvalue weighted by molar-refractivity contribution is -0.122. The van der Waals surface area contributed by atoms with Gasteiger partial charge in [-0.15, -0.1) is 0 Å². The fourth-order valence-corrected chi connectivity index (χ4v) is 1.12. The van der Waals surface area contributed by atoms with Crippen molar-refractivity contribution in [3.8, 4) is 0 Å². The Balaban J connectivity index is 2.04. The third kappa shape index (κ3) is 4.99. The predicted molar refractivity (Wildman–Crippen MR) is 55.5 cm³/mol. The van der Waals surface area contributed by atoms with E-state index in [9.17, 15) is 4.79 Å². The molecule has 1 rings (SSSR count). The zero-order chi connectivity index (χ0) is 11.6. The molecule has 1 aliphatic rings. The van der Waals surface area contributed by atoms with Crippen LogP contribution in [0.25, 0.3) is 0 Å². The van der Waals surface area contributed by atoms with Gasteiger partial charge in [0.15, 0.2) is 0 Å². The van der Waals surface area contributed by atoms with Crippen LogP contribution in [0.15, 0.2) is 12.0 Å². The second-order valence-corrected chi connectivity index (χ2v) is 3.15. The van der Waals surface area contributed by atoms with Gasteiger partial charge >= 0.3 is 0 Å².